The Kier molecular flexibility index (Phi) is 4.90. The van der Waals surface area contributed by atoms with Gasteiger partial charge in [0.1, 0.15) is 5.82 Å². The highest BCUT2D eigenvalue weighted by atomic mass is 19.1. The third kappa shape index (κ3) is 3.78. The first-order valence-corrected chi connectivity index (χ1v) is 6.85. The van der Waals surface area contributed by atoms with Crippen molar-refractivity contribution in [2.45, 2.75) is 25.4 Å². The van der Waals surface area contributed by atoms with Crippen molar-refractivity contribution >= 4 is 11.9 Å². The second-order valence-corrected chi connectivity index (χ2v) is 5.16. The van der Waals surface area contributed by atoms with Crippen molar-refractivity contribution in [2.75, 3.05) is 19.7 Å². The van der Waals surface area contributed by atoms with E-state index in [2.05, 4.69) is 0 Å². The average Bonchev–Trinajstić information content (AvgIpc) is 2.47. The van der Waals surface area contributed by atoms with E-state index in [1.54, 1.807) is 25.1 Å². The van der Waals surface area contributed by atoms with Gasteiger partial charge in [-0.25, -0.2) is 9.18 Å². The van der Waals surface area contributed by atoms with Gasteiger partial charge in [-0.2, -0.15) is 0 Å². The predicted octanol–water partition coefficient (Wildman–Crippen LogP) is 1.63. The molecule has 1 fully saturated rings. The summed E-state index contributed by atoms with van der Waals surface area (Å²) in [5.74, 6) is -1.84. The maximum Gasteiger partial charge on any atom is 0.334 e. The minimum absolute atomic E-state index is 0.0398. The standard InChI is InChI=1S/C15H18FNO4/c1-10(11-4-2-3-5-12(11)16)8-14(18)17-6-7-21-13(9-17)15(19)20/h2-5,10,13H,6-9H2,1H3,(H,19,20). The van der Waals surface area contributed by atoms with Crippen molar-refractivity contribution in [3.05, 3.63) is 35.6 Å². The van der Waals surface area contributed by atoms with E-state index >= 15 is 0 Å². The number of carbonyl (C=O) groups is 2. The van der Waals surface area contributed by atoms with Gasteiger partial charge >= 0.3 is 5.97 Å². The first kappa shape index (κ1) is 15.4. The van der Waals surface area contributed by atoms with Crippen LogP contribution in [0, 0.1) is 5.82 Å². The fourth-order valence-corrected chi connectivity index (χ4v) is 2.40. The van der Waals surface area contributed by atoms with Gasteiger partial charge in [-0.1, -0.05) is 25.1 Å². The molecule has 0 saturated carbocycles. The van der Waals surface area contributed by atoms with E-state index in [4.69, 9.17) is 9.84 Å². The van der Waals surface area contributed by atoms with Crippen molar-refractivity contribution in [1.29, 1.82) is 0 Å². The summed E-state index contributed by atoms with van der Waals surface area (Å²) in [7, 11) is 0. The SMILES string of the molecule is CC(CC(=O)N1CCOC(C(=O)O)C1)c1ccccc1F. The van der Waals surface area contributed by atoms with Crippen molar-refractivity contribution in [3.63, 3.8) is 0 Å². The zero-order valence-electron chi connectivity index (χ0n) is 11.8. The first-order chi connectivity index (χ1) is 9.99. The van der Waals surface area contributed by atoms with E-state index in [0.29, 0.717) is 12.1 Å². The first-order valence-electron chi connectivity index (χ1n) is 6.85. The maximum absolute atomic E-state index is 13.7. The molecule has 2 atom stereocenters. The molecule has 1 heterocycles. The Balaban J connectivity index is 1.98. The van der Waals surface area contributed by atoms with Gasteiger partial charge in [0, 0.05) is 13.0 Å². The van der Waals surface area contributed by atoms with Crippen LogP contribution >= 0.6 is 0 Å². The van der Waals surface area contributed by atoms with Gasteiger partial charge in [0.2, 0.25) is 5.91 Å². The summed E-state index contributed by atoms with van der Waals surface area (Å²) < 4.78 is 18.8. The number of aliphatic carboxylic acids is 1. The van der Waals surface area contributed by atoms with Crippen LogP contribution in [0.4, 0.5) is 4.39 Å². The summed E-state index contributed by atoms with van der Waals surface area (Å²) in [6.07, 6.45) is -0.834. The van der Waals surface area contributed by atoms with Crippen LogP contribution in [0.2, 0.25) is 0 Å². The van der Waals surface area contributed by atoms with Gasteiger partial charge in [0.25, 0.3) is 0 Å². The van der Waals surface area contributed by atoms with E-state index in [1.807, 2.05) is 0 Å². The van der Waals surface area contributed by atoms with Crippen LogP contribution in [-0.4, -0.2) is 47.7 Å². The van der Waals surface area contributed by atoms with Gasteiger partial charge < -0.3 is 14.7 Å². The summed E-state index contributed by atoms with van der Waals surface area (Å²) in [5, 5.41) is 8.92. The van der Waals surface area contributed by atoms with Gasteiger partial charge in [-0.05, 0) is 17.5 Å². The number of halogens is 1. The van der Waals surface area contributed by atoms with E-state index in [0.717, 1.165) is 0 Å². The lowest BCUT2D eigenvalue weighted by molar-refractivity contribution is -0.159. The molecule has 1 aromatic carbocycles. The van der Waals surface area contributed by atoms with Gasteiger partial charge in [0.15, 0.2) is 6.10 Å². The molecule has 2 rings (SSSR count). The molecule has 6 heteroatoms. The minimum Gasteiger partial charge on any atom is -0.479 e. The summed E-state index contributed by atoms with van der Waals surface area (Å²) in [5.41, 5.74) is 0.494. The largest absolute Gasteiger partial charge is 0.479 e. The zero-order valence-corrected chi connectivity index (χ0v) is 11.8. The van der Waals surface area contributed by atoms with Crippen molar-refractivity contribution in [3.8, 4) is 0 Å². The molecule has 114 valence electrons. The highest BCUT2D eigenvalue weighted by Crippen LogP contribution is 2.23. The molecule has 0 bridgehead atoms. The Morgan fingerprint density at radius 1 is 1.48 bits per heavy atom. The number of carbonyl (C=O) groups excluding carboxylic acids is 1. The van der Waals surface area contributed by atoms with E-state index < -0.39 is 12.1 Å². The summed E-state index contributed by atoms with van der Waals surface area (Å²) >= 11 is 0. The van der Waals surface area contributed by atoms with E-state index in [-0.39, 0.29) is 37.2 Å². The molecular formula is C15H18FNO4. The summed E-state index contributed by atoms with van der Waals surface area (Å²) in [4.78, 5) is 24.6. The quantitative estimate of drug-likeness (QED) is 0.917. The van der Waals surface area contributed by atoms with Crippen LogP contribution < -0.4 is 0 Å². The fourth-order valence-electron chi connectivity index (χ4n) is 2.40. The van der Waals surface area contributed by atoms with Crippen LogP contribution in [0.1, 0.15) is 24.8 Å². The third-order valence-electron chi connectivity index (χ3n) is 3.61. The van der Waals surface area contributed by atoms with Crippen LogP contribution in [0.15, 0.2) is 24.3 Å². The monoisotopic (exact) mass is 295 g/mol. The van der Waals surface area contributed by atoms with Crippen molar-refractivity contribution < 1.29 is 23.8 Å². The molecule has 1 aromatic rings. The molecule has 0 spiro atoms. The number of benzene rings is 1. The summed E-state index contributed by atoms with van der Waals surface area (Å²) in [6.45, 7) is 2.40. The van der Waals surface area contributed by atoms with Gasteiger partial charge in [0.05, 0.1) is 13.2 Å². The van der Waals surface area contributed by atoms with Crippen LogP contribution in [0.5, 0.6) is 0 Å². The van der Waals surface area contributed by atoms with Crippen molar-refractivity contribution in [1.82, 2.24) is 4.90 Å². The van der Waals surface area contributed by atoms with E-state index in [1.165, 1.54) is 11.0 Å². The number of nitrogens with zero attached hydrogens (tertiary/aromatic N) is 1. The Morgan fingerprint density at radius 2 is 2.19 bits per heavy atom. The second-order valence-electron chi connectivity index (χ2n) is 5.16. The molecule has 2 unspecified atom stereocenters. The normalized spacial score (nSPS) is 20.1. The van der Waals surface area contributed by atoms with Crippen LogP contribution in [-0.2, 0) is 14.3 Å². The minimum atomic E-state index is -1.07. The Morgan fingerprint density at radius 3 is 2.86 bits per heavy atom. The summed E-state index contributed by atoms with van der Waals surface area (Å²) in [6, 6.07) is 6.36. The molecule has 1 N–H and O–H groups in total. The lowest BCUT2D eigenvalue weighted by Gasteiger charge is -2.31. The predicted molar refractivity (Wildman–Crippen MR) is 73.4 cm³/mol. The maximum atomic E-state index is 13.7. The highest BCUT2D eigenvalue weighted by Gasteiger charge is 2.29. The number of ether oxygens (including phenoxy) is 1. The molecular weight excluding hydrogens is 277 g/mol. The van der Waals surface area contributed by atoms with Crippen LogP contribution in [0.25, 0.3) is 0 Å². The molecule has 1 aliphatic rings. The Bertz CT molecular complexity index is 534. The molecule has 1 aliphatic heterocycles. The second kappa shape index (κ2) is 6.67. The Labute approximate surface area is 122 Å². The number of hydrogen-bond acceptors (Lipinski definition) is 3. The van der Waals surface area contributed by atoms with Crippen LogP contribution in [0.3, 0.4) is 0 Å². The Hall–Kier alpha value is -1.95. The molecule has 0 aliphatic carbocycles. The van der Waals surface area contributed by atoms with Crippen molar-refractivity contribution in [2.24, 2.45) is 0 Å². The number of carboxylic acids is 1. The average molecular weight is 295 g/mol. The smallest absolute Gasteiger partial charge is 0.334 e. The lowest BCUT2D eigenvalue weighted by atomic mass is 9.96. The van der Waals surface area contributed by atoms with Gasteiger partial charge in [-0.15, -0.1) is 0 Å². The number of morpholine rings is 1. The molecule has 1 amide bonds. The van der Waals surface area contributed by atoms with Gasteiger partial charge in [-0.3, -0.25) is 4.79 Å². The highest BCUT2D eigenvalue weighted by molar-refractivity contribution is 5.79. The molecule has 1 saturated heterocycles. The molecule has 5 nitrogen and oxygen atoms in total. The third-order valence-corrected chi connectivity index (χ3v) is 3.61. The lowest BCUT2D eigenvalue weighted by Crippen LogP contribution is -2.48. The number of hydrogen-bond donors (Lipinski definition) is 1. The fraction of sp³-hybridized carbons (Fsp3) is 0.467. The zero-order chi connectivity index (χ0) is 15.4. The molecule has 0 radical (unpaired) electrons. The molecule has 21 heavy (non-hydrogen) atoms. The number of rotatable bonds is 4. The molecule has 0 aromatic heterocycles. The number of carboxylic acid groups (broad SMARTS) is 1. The van der Waals surface area contributed by atoms with E-state index in [9.17, 15) is 14.0 Å². The number of amides is 1. The topological polar surface area (TPSA) is 66.8 Å².